The number of aromatic nitrogens is 1. The van der Waals surface area contributed by atoms with Gasteiger partial charge in [0.05, 0.1) is 43.3 Å². The molecule has 2 heterocycles. The van der Waals surface area contributed by atoms with E-state index < -0.39 is 5.76 Å². The number of ether oxygens (including phenoxy) is 3. The maximum atomic E-state index is 12.8. The number of amides is 1. The third-order valence-corrected chi connectivity index (χ3v) is 5.65. The number of hydrogen-bond acceptors (Lipinski definition) is 7. The fourth-order valence-corrected chi connectivity index (χ4v) is 4.08. The zero-order valence-electron chi connectivity index (χ0n) is 19.7. The SMILES string of the molecule is CCOc1cc(N2CCOCC2)c(OCC)cc1NC(=O)CCCn1c(=O)oc2ccccc21. The second kappa shape index (κ2) is 11.1. The molecule has 1 saturated heterocycles. The van der Waals surface area contributed by atoms with Crippen LogP contribution in [0.25, 0.3) is 11.1 Å². The molecule has 3 aromatic rings. The zero-order valence-corrected chi connectivity index (χ0v) is 19.7. The van der Waals surface area contributed by atoms with Gasteiger partial charge < -0.3 is 28.8 Å². The van der Waals surface area contributed by atoms with Crippen molar-refractivity contribution in [1.82, 2.24) is 4.57 Å². The van der Waals surface area contributed by atoms with Gasteiger partial charge in [0, 0.05) is 38.2 Å². The van der Waals surface area contributed by atoms with E-state index in [1.54, 1.807) is 10.6 Å². The van der Waals surface area contributed by atoms with Gasteiger partial charge >= 0.3 is 5.76 Å². The Bertz CT molecular complexity index is 1180. The van der Waals surface area contributed by atoms with Gasteiger partial charge in [-0.1, -0.05) is 12.1 Å². The van der Waals surface area contributed by atoms with Gasteiger partial charge in [-0.25, -0.2) is 4.79 Å². The molecule has 2 aromatic carbocycles. The Balaban J connectivity index is 1.46. The molecule has 9 heteroatoms. The standard InChI is InChI=1S/C25H31N3O6/c1-3-32-22-17-20(27-12-14-31-15-13-27)23(33-4-2)16-18(22)26-24(29)10-7-11-28-19-8-5-6-9-21(19)34-25(28)30/h5-6,8-9,16-17H,3-4,7,10-15H2,1-2H3,(H,26,29). The third-order valence-electron chi connectivity index (χ3n) is 5.65. The minimum absolute atomic E-state index is 0.164. The molecule has 0 spiro atoms. The Morgan fingerprint density at radius 1 is 1.06 bits per heavy atom. The molecule has 182 valence electrons. The van der Waals surface area contributed by atoms with Crippen LogP contribution in [0.3, 0.4) is 0 Å². The highest BCUT2D eigenvalue weighted by Crippen LogP contribution is 2.39. The molecule has 4 rings (SSSR count). The van der Waals surface area contributed by atoms with E-state index in [1.165, 1.54) is 0 Å². The molecule has 1 aliphatic rings. The van der Waals surface area contributed by atoms with Gasteiger partial charge in [-0.3, -0.25) is 9.36 Å². The molecule has 0 bridgehead atoms. The molecule has 0 radical (unpaired) electrons. The summed E-state index contributed by atoms with van der Waals surface area (Å²) in [6, 6.07) is 11.0. The highest BCUT2D eigenvalue weighted by molar-refractivity contribution is 5.93. The summed E-state index contributed by atoms with van der Waals surface area (Å²) in [5.74, 6) is 0.709. The van der Waals surface area contributed by atoms with Crippen LogP contribution in [-0.4, -0.2) is 50.0 Å². The minimum atomic E-state index is -0.416. The molecule has 1 amide bonds. The number of aryl methyl sites for hydroxylation is 1. The molecule has 1 aliphatic heterocycles. The van der Waals surface area contributed by atoms with Gasteiger partial charge in [-0.05, 0) is 32.4 Å². The summed E-state index contributed by atoms with van der Waals surface area (Å²) in [6.07, 6.45) is 0.732. The summed E-state index contributed by atoms with van der Waals surface area (Å²) in [5.41, 5.74) is 2.77. The molecule has 1 N–H and O–H groups in total. The van der Waals surface area contributed by atoms with Gasteiger partial charge in [0.2, 0.25) is 5.91 Å². The molecule has 34 heavy (non-hydrogen) atoms. The monoisotopic (exact) mass is 469 g/mol. The molecule has 0 unspecified atom stereocenters. The van der Waals surface area contributed by atoms with Crippen molar-refractivity contribution in [3.8, 4) is 11.5 Å². The summed E-state index contributed by atoms with van der Waals surface area (Å²) >= 11 is 0. The summed E-state index contributed by atoms with van der Waals surface area (Å²) < 4.78 is 24.0. The number of nitrogens with zero attached hydrogens (tertiary/aromatic N) is 2. The predicted molar refractivity (Wildman–Crippen MR) is 130 cm³/mol. The van der Waals surface area contributed by atoms with Crippen molar-refractivity contribution in [2.24, 2.45) is 0 Å². The van der Waals surface area contributed by atoms with Crippen LogP contribution < -0.4 is 25.4 Å². The highest BCUT2D eigenvalue weighted by atomic mass is 16.5. The fourth-order valence-electron chi connectivity index (χ4n) is 4.08. The van der Waals surface area contributed by atoms with Crippen molar-refractivity contribution in [3.05, 3.63) is 46.9 Å². The average molecular weight is 470 g/mol. The van der Waals surface area contributed by atoms with Gasteiger partial charge in [-0.15, -0.1) is 0 Å². The van der Waals surface area contributed by atoms with Crippen LogP contribution in [0.5, 0.6) is 11.5 Å². The van der Waals surface area contributed by atoms with Crippen LogP contribution in [0.1, 0.15) is 26.7 Å². The normalized spacial score (nSPS) is 13.8. The maximum absolute atomic E-state index is 12.8. The van der Waals surface area contributed by atoms with E-state index in [4.69, 9.17) is 18.6 Å². The first kappa shape index (κ1) is 23.7. The van der Waals surface area contributed by atoms with Gasteiger partial charge in [0.25, 0.3) is 0 Å². The Morgan fingerprint density at radius 2 is 1.79 bits per heavy atom. The molecular weight excluding hydrogens is 438 g/mol. The molecule has 1 fully saturated rings. The first-order valence-electron chi connectivity index (χ1n) is 11.7. The van der Waals surface area contributed by atoms with Crippen LogP contribution in [-0.2, 0) is 16.1 Å². The smallest absolute Gasteiger partial charge is 0.419 e. The molecule has 9 nitrogen and oxygen atoms in total. The van der Waals surface area contributed by atoms with E-state index >= 15 is 0 Å². The van der Waals surface area contributed by atoms with Crippen LogP contribution in [0.2, 0.25) is 0 Å². The van der Waals surface area contributed by atoms with Crippen molar-refractivity contribution in [2.75, 3.05) is 49.7 Å². The largest absolute Gasteiger partial charge is 0.492 e. The van der Waals surface area contributed by atoms with Crippen LogP contribution in [0, 0.1) is 0 Å². The van der Waals surface area contributed by atoms with E-state index in [9.17, 15) is 9.59 Å². The number of carbonyl (C=O) groups is 1. The summed E-state index contributed by atoms with van der Waals surface area (Å²) in [4.78, 5) is 27.1. The first-order valence-corrected chi connectivity index (χ1v) is 11.7. The minimum Gasteiger partial charge on any atom is -0.492 e. The zero-order chi connectivity index (χ0) is 23.9. The molecule has 0 saturated carbocycles. The van der Waals surface area contributed by atoms with Gasteiger partial charge in [-0.2, -0.15) is 0 Å². The lowest BCUT2D eigenvalue weighted by Crippen LogP contribution is -2.36. The third kappa shape index (κ3) is 5.36. The molecule has 0 atom stereocenters. The predicted octanol–water partition coefficient (Wildman–Crippen LogP) is 3.65. The van der Waals surface area contributed by atoms with Crippen LogP contribution in [0.4, 0.5) is 11.4 Å². The maximum Gasteiger partial charge on any atom is 0.419 e. The average Bonchev–Trinajstić information content (AvgIpc) is 3.16. The second-order valence-electron chi connectivity index (χ2n) is 7.92. The van der Waals surface area contributed by atoms with Crippen molar-refractivity contribution in [2.45, 2.75) is 33.2 Å². The number of anilines is 2. The quantitative estimate of drug-likeness (QED) is 0.484. The van der Waals surface area contributed by atoms with Crippen LogP contribution in [0.15, 0.2) is 45.6 Å². The Kier molecular flexibility index (Phi) is 7.74. The summed E-state index contributed by atoms with van der Waals surface area (Å²) in [6.45, 7) is 8.04. The Hall–Kier alpha value is -3.46. The second-order valence-corrected chi connectivity index (χ2v) is 7.92. The molecule has 0 aliphatic carbocycles. The number of nitrogens with one attached hydrogen (secondary N) is 1. The van der Waals surface area contributed by atoms with E-state index in [0.717, 1.165) is 24.3 Å². The number of oxazole rings is 1. The van der Waals surface area contributed by atoms with Crippen molar-refractivity contribution >= 4 is 28.4 Å². The number of rotatable bonds is 10. The number of carbonyl (C=O) groups excluding carboxylic acids is 1. The van der Waals surface area contributed by atoms with E-state index in [2.05, 4.69) is 10.2 Å². The fraction of sp³-hybridized carbons (Fsp3) is 0.440. The lowest BCUT2D eigenvalue weighted by Gasteiger charge is -2.31. The molecule has 1 aromatic heterocycles. The van der Waals surface area contributed by atoms with E-state index in [1.807, 2.05) is 44.2 Å². The van der Waals surface area contributed by atoms with Crippen molar-refractivity contribution < 1.29 is 23.4 Å². The number of para-hydroxylation sites is 2. The molecular formula is C25H31N3O6. The summed E-state index contributed by atoms with van der Waals surface area (Å²) in [7, 11) is 0. The lowest BCUT2D eigenvalue weighted by atomic mass is 10.2. The number of hydrogen-bond donors (Lipinski definition) is 1. The number of benzene rings is 2. The Morgan fingerprint density at radius 3 is 2.56 bits per heavy atom. The Labute approximate surface area is 198 Å². The van der Waals surface area contributed by atoms with Crippen LogP contribution >= 0.6 is 0 Å². The van der Waals surface area contributed by atoms with E-state index in [-0.39, 0.29) is 12.3 Å². The number of morpholine rings is 1. The summed E-state index contributed by atoms with van der Waals surface area (Å²) in [5, 5.41) is 2.96. The van der Waals surface area contributed by atoms with Crippen molar-refractivity contribution in [1.29, 1.82) is 0 Å². The lowest BCUT2D eigenvalue weighted by molar-refractivity contribution is -0.116. The first-order chi connectivity index (χ1) is 16.6. The van der Waals surface area contributed by atoms with Crippen molar-refractivity contribution in [3.63, 3.8) is 0 Å². The van der Waals surface area contributed by atoms with E-state index in [0.29, 0.717) is 62.2 Å². The number of fused-ring (bicyclic) bond motifs is 1. The van der Waals surface area contributed by atoms with Gasteiger partial charge in [0.15, 0.2) is 5.58 Å². The topological polar surface area (TPSA) is 95.2 Å². The van der Waals surface area contributed by atoms with Gasteiger partial charge in [0.1, 0.15) is 11.5 Å². The highest BCUT2D eigenvalue weighted by Gasteiger charge is 2.20.